The number of hydrogen-bond donors (Lipinski definition) is 1. The third-order valence-corrected chi connectivity index (χ3v) is 5.04. The maximum absolute atomic E-state index is 12.8. The minimum absolute atomic E-state index is 0. The molecule has 0 spiro atoms. The van der Waals surface area contributed by atoms with Crippen molar-refractivity contribution in [3.8, 4) is 5.75 Å². The molecule has 0 saturated carbocycles. The first-order valence-electron chi connectivity index (χ1n) is 8.38. The lowest BCUT2D eigenvalue weighted by Gasteiger charge is -2.37. The monoisotopic (exact) mass is 367 g/mol. The lowest BCUT2D eigenvalue weighted by molar-refractivity contribution is -0.119. The second-order valence-corrected chi connectivity index (χ2v) is 7.45. The Bertz CT molecular complexity index is 668. The molecule has 2 aliphatic rings. The summed E-state index contributed by atoms with van der Waals surface area (Å²) in [4.78, 5) is 28.3. The Balaban J connectivity index is 0.00000225. The molecule has 0 aromatic heterocycles. The van der Waals surface area contributed by atoms with Crippen molar-refractivity contribution in [3.63, 3.8) is 0 Å². The van der Waals surface area contributed by atoms with Gasteiger partial charge in [0.25, 0.3) is 5.91 Å². The highest BCUT2D eigenvalue weighted by molar-refractivity contribution is 6.01. The molecule has 2 N–H and O–H groups in total. The van der Waals surface area contributed by atoms with E-state index in [-0.39, 0.29) is 30.8 Å². The van der Waals surface area contributed by atoms with Crippen LogP contribution in [0.25, 0.3) is 0 Å². The number of nitrogens with two attached hydrogens (primary N) is 1. The molecule has 25 heavy (non-hydrogen) atoms. The van der Waals surface area contributed by atoms with Gasteiger partial charge in [-0.15, -0.1) is 12.4 Å². The summed E-state index contributed by atoms with van der Waals surface area (Å²) in [5.41, 5.74) is 7.26. The largest absolute Gasteiger partial charge is 0.489 e. The average molecular weight is 368 g/mol. The number of likely N-dealkylation sites (N-methyl/N-ethyl adjacent to an activating group) is 1. The van der Waals surface area contributed by atoms with Crippen LogP contribution in [0.1, 0.15) is 37.0 Å². The molecule has 7 heteroatoms. The van der Waals surface area contributed by atoms with Crippen LogP contribution in [-0.2, 0) is 4.79 Å². The first-order chi connectivity index (χ1) is 11.3. The third kappa shape index (κ3) is 3.90. The van der Waals surface area contributed by atoms with Gasteiger partial charge >= 0.3 is 0 Å². The lowest BCUT2D eigenvalue weighted by atomic mass is 9.82. The van der Waals surface area contributed by atoms with E-state index in [0.29, 0.717) is 22.4 Å². The van der Waals surface area contributed by atoms with Crippen LogP contribution in [0.15, 0.2) is 18.2 Å². The topological polar surface area (TPSA) is 75.9 Å². The van der Waals surface area contributed by atoms with Gasteiger partial charge in [0.1, 0.15) is 18.4 Å². The van der Waals surface area contributed by atoms with E-state index in [2.05, 4.69) is 13.8 Å². The van der Waals surface area contributed by atoms with Gasteiger partial charge in [-0.3, -0.25) is 9.59 Å². The summed E-state index contributed by atoms with van der Waals surface area (Å²) in [6, 6.07) is 4.55. The number of fused-ring (bicyclic) bond motifs is 1. The highest BCUT2D eigenvalue weighted by Crippen LogP contribution is 2.33. The van der Waals surface area contributed by atoms with E-state index in [4.69, 9.17) is 10.5 Å². The molecule has 0 bridgehead atoms. The number of amides is 2. The van der Waals surface area contributed by atoms with E-state index >= 15 is 0 Å². The van der Waals surface area contributed by atoms with Crippen molar-refractivity contribution in [2.75, 3.05) is 31.6 Å². The van der Waals surface area contributed by atoms with E-state index in [1.807, 2.05) is 4.90 Å². The fourth-order valence-corrected chi connectivity index (χ4v) is 3.15. The normalized spacial score (nSPS) is 22.4. The standard InChI is InChI=1S/C18H25N3O3.ClH/c1-18(2)6-8-21(9-7-18)16(22)12-4-5-15-14(10-12)20(3)17(23)13(19)11-24-15;/h4-5,10,13H,6-9,11,19H2,1-3H3;1H/t13-;/m0./s1. The summed E-state index contributed by atoms with van der Waals surface area (Å²) >= 11 is 0. The molecule has 0 radical (unpaired) electrons. The maximum atomic E-state index is 12.8. The molecule has 2 aliphatic heterocycles. The zero-order valence-electron chi connectivity index (χ0n) is 14.9. The average Bonchev–Trinajstić information content (AvgIpc) is 2.66. The van der Waals surface area contributed by atoms with Gasteiger partial charge in [-0.2, -0.15) is 0 Å². The minimum Gasteiger partial charge on any atom is -0.489 e. The summed E-state index contributed by atoms with van der Waals surface area (Å²) in [6.45, 7) is 6.14. The zero-order valence-corrected chi connectivity index (χ0v) is 15.8. The van der Waals surface area contributed by atoms with Crippen LogP contribution < -0.4 is 15.4 Å². The second-order valence-electron chi connectivity index (χ2n) is 7.45. The van der Waals surface area contributed by atoms with Gasteiger partial charge in [0, 0.05) is 25.7 Å². The highest BCUT2D eigenvalue weighted by Gasteiger charge is 2.30. The summed E-state index contributed by atoms with van der Waals surface area (Å²) in [5.74, 6) is 0.371. The van der Waals surface area contributed by atoms with Crippen molar-refractivity contribution in [2.45, 2.75) is 32.7 Å². The van der Waals surface area contributed by atoms with Crippen LogP contribution in [0.2, 0.25) is 0 Å². The number of anilines is 1. The van der Waals surface area contributed by atoms with Crippen LogP contribution >= 0.6 is 12.4 Å². The third-order valence-electron chi connectivity index (χ3n) is 5.04. The quantitative estimate of drug-likeness (QED) is 0.824. The fourth-order valence-electron chi connectivity index (χ4n) is 3.15. The first-order valence-corrected chi connectivity index (χ1v) is 8.38. The van der Waals surface area contributed by atoms with Gasteiger partial charge in [0.05, 0.1) is 5.69 Å². The number of ether oxygens (including phenoxy) is 1. The van der Waals surface area contributed by atoms with E-state index in [1.54, 1.807) is 25.2 Å². The van der Waals surface area contributed by atoms with Crippen LogP contribution in [0.3, 0.4) is 0 Å². The Morgan fingerprint density at radius 1 is 1.28 bits per heavy atom. The number of nitrogens with zero attached hydrogens (tertiary/aromatic N) is 2. The minimum atomic E-state index is -0.689. The molecule has 2 heterocycles. The molecule has 1 aromatic rings. The van der Waals surface area contributed by atoms with Gasteiger partial charge in [0.2, 0.25) is 5.91 Å². The van der Waals surface area contributed by atoms with E-state index in [0.717, 1.165) is 25.9 Å². The zero-order chi connectivity index (χ0) is 17.5. The van der Waals surface area contributed by atoms with Gasteiger partial charge in [-0.05, 0) is 36.5 Å². The Morgan fingerprint density at radius 2 is 1.92 bits per heavy atom. The Morgan fingerprint density at radius 3 is 2.56 bits per heavy atom. The van der Waals surface area contributed by atoms with Gasteiger partial charge in [0.15, 0.2) is 0 Å². The van der Waals surface area contributed by atoms with Crippen molar-refractivity contribution in [1.82, 2.24) is 4.90 Å². The molecule has 1 fully saturated rings. The Kier molecular flexibility index (Phi) is 5.64. The summed E-state index contributed by atoms with van der Waals surface area (Å²) in [6.07, 6.45) is 2.00. The van der Waals surface area contributed by atoms with E-state index in [9.17, 15) is 9.59 Å². The predicted molar refractivity (Wildman–Crippen MR) is 99.5 cm³/mol. The van der Waals surface area contributed by atoms with Gasteiger partial charge in [-0.1, -0.05) is 13.8 Å². The Labute approximate surface area is 154 Å². The number of carbonyl (C=O) groups is 2. The number of rotatable bonds is 1. The Hall–Kier alpha value is -1.79. The summed E-state index contributed by atoms with van der Waals surface area (Å²) in [5, 5.41) is 0. The molecule has 0 aliphatic carbocycles. The molecule has 6 nitrogen and oxygen atoms in total. The summed E-state index contributed by atoms with van der Waals surface area (Å²) in [7, 11) is 1.66. The van der Waals surface area contributed by atoms with Crippen molar-refractivity contribution in [3.05, 3.63) is 23.8 Å². The van der Waals surface area contributed by atoms with Crippen molar-refractivity contribution in [1.29, 1.82) is 0 Å². The van der Waals surface area contributed by atoms with Gasteiger partial charge < -0.3 is 20.3 Å². The molecule has 138 valence electrons. The van der Waals surface area contributed by atoms with E-state index in [1.165, 1.54) is 4.90 Å². The fraction of sp³-hybridized carbons (Fsp3) is 0.556. The predicted octanol–water partition coefficient (Wildman–Crippen LogP) is 2.05. The van der Waals surface area contributed by atoms with E-state index < -0.39 is 6.04 Å². The molecule has 1 atom stereocenters. The SMILES string of the molecule is CN1C(=O)[C@@H](N)COc2ccc(C(=O)N3CCC(C)(C)CC3)cc21.Cl. The number of piperidine rings is 1. The van der Waals surface area contributed by atoms with Crippen LogP contribution in [0.4, 0.5) is 5.69 Å². The molecule has 3 rings (SSSR count). The van der Waals surface area contributed by atoms with Crippen molar-refractivity contribution < 1.29 is 14.3 Å². The van der Waals surface area contributed by atoms with Crippen LogP contribution in [-0.4, -0.2) is 49.5 Å². The smallest absolute Gasteiger partial charge is 0.253 e. The molecule has 0 unspecified atom stereocenters. The number of benzene rings is 1. The highest BCUT2D eigenvalue weighted by atomic mass is 35.5. The maximum Gasteiger partial charge on any atom is 0.253 e. The number of carbonyl (C=O) groups excluding carboxylic acids is 2. The molecule has 1 aromatic carbocycles. The molecular formula is C18H26ClN3O3. The number of hydrogen-bond acceptors (Lipinski definition) is 4. The molecular weight excluding hydrogens is 342 g/mol. The number of likely N-dealkylation sites (tertiary alicyclic amines) is 1. The van der Waals surface area contributed by atoms with Gasteiger partial charge in [-0.25, -0.2) is 0 Å². The molecule has 1 saturated heterocycles. The molecule has 2 amide bonds. The second kappa shape index (κ2) is 7.22. The summed E-state index contributed by atoms with van der Waals surface area (Å²) < 4.78 is 5.60. The first kappa shape index (κ1) is 19.5. The van der Waals surface area contributed by atoms with Crippen molar-refractivity contribution in [2.24, 2.45) is 11.1 Å². The van der Waals surface area contributed by atoms with Crippen LogP contribution in [0, 0.1) is 5.41 Å². The lowest BCUT2D eigenvalue weighted by Crippen LogP contribution is -2.43. The van der Waals surface area contributed by atoms with Crippen LogP contribution in [0.5, 0.6) is 5.75 Å². The van der Waals surface area contributed by atoms with Crippen molar-refractivity contribution >= 4 is 29.9 Å². The number of halogens is 1.